The van der Waals surface area contributed by atoms with Crippen LogP contribution in [0.25, 0.3) is 0 Å². The van der Waals surface area contributed by atoms with Crippen LogP contribution in [0, 0.1) is 0 Å². The van der Waals surface area contributed by atoms with E-state index in [0.717, 1.165) is 31.2 Å². The molecule has 1 aromatic carbocycles. The van der Waals surface area contributed by atoms with Gasteiger partial charge in [-0.25, -0.2) is 4.79 Å². The third kappa shape index (κ3) is 4.46. The number of amides is 1. The van der Waals surface area contributed by atoms with Gasteiger partial charge in [-0.3, -0.25) is 4.90 Å². The molecule has 1 fully saturated rings. The minimum absolute atomic E-state index is 0.0264. The zero-order valence-electron chi connectivity index (χ0n) is 12.7. The van der Waals surface area contributed by atoms with Crippen LogP contribution in [0.2, 0.25) is 0 Å². The van der Waals surface area contributed by atoms with E-state index < -0.39 is 0 Å². The molecule has 1 amide bonds. The maximum atomic E-state index is 11.9. The molecular weight excluding hydrogens is 266 g/mol. The van der Waals surface area contributed by atoms with E-state index in [0.29, 0.717) is 19.6 Å². The molecule has 0 saturated carbocycles. The largest absolute Gasteiger partial charge is 0.447 e. The van der Waals surface area contributed by atoms with E-state index in [1.165, 1.54) is 0 Å². The van der Waals surface area contributed by atoms with Gasteiger partial charge in [-0.1, -0.05) is 56.5 Å². The van der Waals surface area contributed by atoms with Crippen LogP contribution in [0.5, 0.6) is 0 Å². The minimum atomic E-state index is -0.332. The number of aliphatic hydroxyl groups is 1. The highest BCUT2D eigenvalue weighted by Crippen LogP contribution is 2.27. The summed E-state index contributed by atoms with van der Waals surface area (Å²) in [5.41, 5.74) is 1.09. The Morgan fingerprint density at radius 2 is 2.05 bits per heavy atom. The van der Waals surface area contributed by atoms with Crippen LogP contribution in [0.4, 0.5) is 4.79 Å². The van der Waals surface area contributed by atoms with Crippen molar-refractivity contribution in [2.45, 2.75) is 51.2 Å². The van der Waals surface area contributed by atoms with E-state index in [2.05, 4.69) is 6.92 Å². The average molecular weight is 291 g/mol. The fourth-order valence-electron chi connectivity index (χ4n) is 2.71. The predicted octanol–water partition coefficient (Wildman–Crippen LogP) is 3.51. The van der Waals surface area contributed by atoms with E-state index in [4.69, 9.17) is 4.74 Å². The molecule has 0 aliphatic carbocycles. The van der Waals surface area contributed by atoms with Crippen LogP contribution in [0.15, 0.2) is 30.3 Å². The van der Waals surface area contributed by atoms with Crippen molar-refractivity contribution in [1.29, 1.82) is 0 Å². The Morgan fingerprint density at radius 1 is 1.29 bits per heavy atom. The lowest BCUT2D eigenvalue weighted by molar-refractivity contribution is 0.125. The van der Waals surface area contributed by atoms with Gasteiger partial charge in [0.25, 0.3) is 0 Å². The molecular formula is C17H25NO3. The molecule has 1 N–H and O–H groups in total. The van der Waals surface area contributed by atoms with Crippen molar-refractivity contribution in [2.24, 2.45) is 0 Å². The minimum Gasteiger partial charge on any atom is -0.447 e. The molecule has 0 bridgehead atoms. The number of carbonyl (C=O) groups excluding carboxylic acids is 1. The number of ether oxygens (including phenoxy) is 1. The smallest absolute Gasteiger partial charge is 0.410 e. The van der Waals surface area contributed by atoms with Crippen LogP contribution in [-0.2, 0) is 4.74 Å². The second-order valence-corrected chi connectivity index (χ2v) is 5.64. The second kappa shape index (κ2) is 8.03. The Hall–Kier alpha value is -1.55. The van der Waals surface area contributed by atoms with Crippen molar-refractivity contribution in [2.75, 3.05) is 13.2 Å². The maximum absolute atomic E-state index is 11.9. The fourth-order valence-corrected chi connectivity index (χ4v) is 2.71. The number of unbranched alkanes of at least 4 members (excludes halogenated alkanes) is 2. The lowest BCUT2D eigenvalue weighted by atomic mass is 10.1. The van der Waals surface area contributed by atoms with Gasteiger partial charge in [-0.05, 0) is 18.4 Å². The van der Waals surface area contributed by atoms with Crippen LogP contribution in [-0.4, -0.2) is 35.4 Å². The zero-order valence-corrected chi connectivity index (χ0v) is 12.7. The molecule has 2 atom stereocenters. The van der Waals surface area contributed by atoms with Gasteiger partial charge >= 0.3 is 6.09 Å². The summed E-state index contributed by atoms with van der Waals surface area (Å²) in [6, 6.07) is 9.89. The van der Waals surface area contributed by atoms with Crippen LogP contribution >= 0.6 is 0 Å². The topological polar surface area (TPSA) is 49.8 Å². The quantitative estimate of drug-likeness (QED) is 0.746. The normalized spacial score (nSPS) is 19.6. The predicted molar refractivity (Wildman–Crippen MR) is 82.0 cm³/mol. The van der Waals surface area contributed by atoms with E-state index in [1.807, 2.05) is 30.3 Å². The number of benzene rings is 1. The number of carbonyl (C=O) groups is 1. The van der Waals surface area contributed by atoms with Crippen molar-refractivity contribution in [1.82, 2.24) is 4.90 Å². The first-order chi connectivity index (χ1) is 10.2. The van der Waals surface area contributed by atoms with Gasteiger partial charge in [-0.2, -0.15) is 0 Å². The molecule has 0 aromatic heterocycles. The standard InChI is InChI=1S/C17H25NO3/c1-2-3-5-10-15(19)11-12-18-16(13-21-17(18)20)14-8-6-4-7-9-14/h4,6-9,15-16,19H,2-3,5,10-13H2,1H3/t15?,16-/m1/s1. The van der Waals surface area contributed by atoms with E-state index in [9.17, 15) is 9.90 Å². The maximum Gasteiger partial charge on any atom is 0.410 e. The number of rotatable bonds is 8. The van der Waals surface area contributed by atoms with Crippen molar-refractivity contribution in [3.05, 3.63) is 35.9 Å². The van der Waals surface area contributed by atoms with Crippen LogP contribution < -0.4 is 0 Å². The Balaban J connectivity index is 1.86. The Bertz CT molecular complexity index is 435. The summed E-state index contributed by atoms with van der Waals surface area (Å²) in [6.45, 7) is 3.09. The number of hydrogen-bond donors (Lipinski definition) is 1. The molecule has 1 aliphatic heterocycles. The molecule has 2 rings (SSSR count). The van der Waals surface area contributed by atoms with Crippen LogP contribution in [0.1, 0.15) is 50.6 Å². The van der Waals surface area contributed by atoms with E-state index >= 15 is 0 Å². The number of cyclic esters (lactones) is 1. The summed E-state index contributed by atoms with van der Waals surface area (Å²) in [7, 11) is 0. The summed E-state index contributed by atoms with van der Waals surface area (Å²) in [6.07, 6.45) is 4.17. The van der Waals surface area contributed by atoms with E-state index in [-0.39, 0.29) is 18.2 Å². The lowest BCUT2D eigenvalue weighted by Gasteiger charge is -2.23. The van der Waals surface area contributed by atoms with Crippen molar-refractivity contribution < 1.29 is 14.6 Å². The molecule has 0 spiro atoms. The fraction of sp³-hybridized carbons (Fsp3) is 0.588. The Labute approximate surface area is 126 Å². The first-order valence-corrected chi connectivity index (χ1v) is 7.88. The number of aliphatic hydroxyl groups excluding tert-OH is 1. The summed E-state index contributed by atoms with van der Waals surface area (Å²) < 4.78 is 5.17. The lowest BCUT2D eigenvalue weighted by Crippen LogP contribution is -2.30. The van der Waals surface area contributed by atoms with Gasteiger partial charge in [0.15, 0.2) is 0 Å². The third-order valence-corrected chi connectivity index (χ3v) is 4.00. The summed E-state index contributed by atoms with van der Waals surface area (Å²) in [5.74, 6) is 0. The highest BCUT2D eigenvalue weighted by molar-refractivity contribution is 5.70. The molecule has 21 heavy (non-hydrogen) atoms. The third-order valence-electron chi connectivity index (χ3n) is 4.00. The molecule has 1 aliphatic rings. The van der Waals surface area contributed by atoms with Gasteiger partial charge in [0, 0.05) is 6.54 Å². The molecule has 4 heteroatoms. The molecule has 1 aromatic rings. The molecule has 1 saturated heterocycles. The number of hydrogen-bond acceptors (Lipinski definition) is 3. The Kier molecular flexibility index (Phi) is 6.05. The van der Waals surface area contributed by atoms with E-state index in [1.54, 1.807) is 4.90 Å². The average Bonchev–Trinajstić information content (AvgIpc) is 2.87. The molecule has 4 nitrogen and oxygen atoms in total. The zero-order chi connectivity index (χ0) is 15.1. The second-order valence-electron chi connectivity index (χ2n) is 5.64. The van der Waals surface area contributed by atoms with Crippen molar-refractivity contribution >= 4 is 6.09 Å². The van der Waals surface area contributed by atoms with Gasteiger partial charge in [0.2, 0.25) is 0 Å². The van der Waals surface area contributed by atoms with Gasteiger partial charge < -0.3 is 9.84 Å². The van der Waals surface area contributed by atoms with Crippen molar-refractivity contribution in [3.8, 4) is 0 Å². The highest BCUT2D eigenvalue weighted by Gasteiger charge is 2.33. The molecule has 1 heterocycles. The molecule has 0 radical (unpaired) electrons. The summed E-state index contributed by atoms with van der Waals surface area (Å²) in [5, 5.41) is 10.0. The van der Waals surface area contributed by atoms with Gasteiger partial charge in [0.1, 0.15) is 6.61 Å². The van der Waals surface area contributed by atoms with Gasteiger partial charge in [-0.15, -0.1) is 0 Å². The van der Waals surface area contributed by atoms with Crippen LogP contribution in [0.3, 0.4) is 0 Å². The highest BCUT2D eigenvalue weighted by atomic mass is 16.6. The number of nitrogens with zero attached hydrogens (tertiary/aromatic N) is 1. The SMILES string of the molecule is CCCCCC(O)CCN1C(=O)OC[C@@H]1c1ccccc1. The first-order valence-electron chi connectivity index (χ1n) is 7.88. The summed E-state index contributed by atoms with van der Waals surface area (Å²) in [4.78, 5) is 13.6. The first kappa shape index (κ1) is 15.8. The molecule has 116 valence electrons. The van der Waals surface area contributed by atoms with Crippen molar-refractivity contribution in [3.63, 3.8) is 0 Å². The summed E-state index contributed by atoms with van der Waals surface area (Å²) >= 11 is 0. The van der Waals surface area contributed by atoms with Gasteiger partial charge in [0.05, 0.1) is 12.1 Å². The monoisotopic (exact) mass is 291 g/mol. The Morgan fingerprint density at radius 3 is 2.76 bits per heavy atom. The molecule has 1 unspecified atom stereocenters.